The molecule has 1 fully saturated rings. The number of nitrogens with zero attached hydrogens (tertiary/aromatic N) is 2. The highest BCUT2D eigenvalue weighted by molar-refractivity contribution is 5.59. The average Bonchev–Trinajstić information content (AvgIpc) is 3.25. The molecule has 0 radical (unpaired) electrons. The minimum atomic E-state index is 0.168. The predicted molar refractivity (Wildman–Crippen MR) is 80.9 cm³/mol. The zero-order chi connectivity index (χ0) is 15.1. The molecule has 0 bridgehead atoms. The lowest BCUT2D eigenvalue weighted by Gasteiger charge is -2.18. The fraction of sp³-hybridized carbons (Fsp3) is 0.529. The second-order valence-electron chi connectivity index (χ2n) is 6.35. The van der Waals surface area contributed by atoms with E-state index in [1.807, 2.05) is 12.1 Å². The minimum absolute atomic E-state index is 0.168. The summed E-state index contributed by atoms with van der Waals surface area (Å²) in [4.78, 5) is 4.62. The van der Waals surface area contributed by atoms with Crippen LogP contribution in [0.1, 0.15) is 37.6 Å². The van der Waals surface area contributed by atoms with Gasteiger partial charge in [0.25, 0.3) is 0 Å². The van der Waals surface area contributed by atoms with Crippen molar-refractivity contribution in [3.05, 3.63) is 29.7 Å². The Morgan fingerprint density at radius 3 is 3.00 bits per heavy atom. The Labute approximate surface area is 129 Å². The van der Waals surface area contributed by atoms with Crippen molar-refractivity contribution in [2.24, 2.45) is 5.92 Å². The van der Waals surface area contributed by atoms with Crippen LogP contribution in [0.2, 0.25) is 0 Å². The first-order valence-corrected chi connectivity index (χ1v) is 7.93. The van der Waals surface area contributed by atoms with Gasteiger partial charge in [0, 0.05) is 18.6 Å². The first-order chi connectivity index (χ1) is 10.7. The van der Waals surface area contributed by atoms with Crippen LogP contribution in [-0.4, -0.2) is 29.5 Å². The van der Waals surface area contributed by atoms with E-state index in [9.17, 15) is 0 Å². The molecule has 0 spiro atoms. The summed E-state index contributed by atoms with van der Waals surface area (Å²) in [7, 11) is 0. The fourth-order valence-electron chi connectivity index (χ4n) is 3.36. The average molecular weight is 300 g/mol. The summed E-state index contributed by atoms with van der Waals surface area (Å²) in [5.74, 6) is 2.97. The van der Waals surface area contributed by atoms with Crippen LogP contribution in [0.25, 0.3) is 11.4 Å². The van der Waals surface area contributed by atoms with Crippen LogP contribution in [0.15, 0.2) is 22.7 Å². The summed E-state index contributed by atoms with van der Waals surface area (Å²) >= 11 is 0. The minimum Gasteiger partial charge on any atom is -0.493 e. The molecule has 2 atom stereocenters. The van der Waals surface area contributed by atoms with E-state index in [0.29, 0.717) is 17.6 Å². The zero-order valence-corrected chi connectivity index (χ0v) is 12.9. The van der Waals surface area contributed by atoms with Crippen LogP contribution < -0.4 is 4.74 Å². The monoisotopic (exact) mass is 300 g/mol. The van der Waals surface area contributed by atoms with Gasteiger partial charge in [0.15, 0.2) is 0 Å². The van der Waals surface area contributed by atoms with Crippen LogP contribution >= 0.6 is 0 Å². The number of aromatic nitrogens is 2. The van der Waals surface area contributed by atoms with E-state index in [0.717, 1.165) is 37.4 Å². The third-order valence-corrected chi connectivity index (χ3v) is 4.50. The van der Waals surface area contributed by atoms with E-state index >= 15 is 0 Å². The molecule has 3 heterocycles. The second kappa shape index (κ2) is 5.39. The Bertz CT molecular complexity index is 680. The molecule has 0 saturated carbocycles. The third-order valence-electron chi connectivity index (χ3n) is 4.50. The molecule has 2 aliphatic heterocycles. The number of hydrogen-bond acceptors (Lipinski definition) is 5. The van der Waals surface area contributed by atoms with Gasteiger partial charge in [0.1, 0.15) is 5.75 Å². The van der Waals surface area contributed by atoms with Crippen LogP contribution in [-0.2, 0) is 11.2 Å². The summed E-state index contributed by atoms with van der Waals surface area (Å²) in [6.45, 7) is 5.86. The smallest absolute Gasteiger partial charge is 0.232 e. The molecule has 1 saturated heterocycles. The van der Waals surface area contributed by atoms with Crippen molar-refractivity contribution >= 4 is 0 Å². The standard InChI is InChI=1S/C17H20N2O3/c1-10(2)15-13(6-8-21-15)17-18-16(19-22-17)12-3-4-14-11(9-12)5-7-20-14/h3-4,9-10,13,15H,5-8H2,1-2H3/t13-,15-/m1/s1. The van der Waals surface area contributed by atoms with Crippen LogP contribution in [0.4, 0.5) is 0 Å². The third kappa shape index (κ3) is 2.29. The lowest BCUT2D eigenvalue weighted by Crippen LogP contribution is -2.21. The van der Waals surface area contributed by atoms with Gasteiger partial charge in [-0.25, -0.2) is 0 Å². The van der Waals surface area contributed by atoms with Gasteiger partial charge in [-0.05, 0) is 36.1 Å². The molecule has 0 aliphatic carbocycles. The van der Waals surface area contributed by atoms with Gasteiger partial charge in [-0.2, -0.15) is 4.98 Å². The van der Waals surface area contributed by atoms with Crippen molar-refractivity contribution in [2.45, 2.75) is 38.7 Å². The Kier molecular flexibility index (Phi) is 3.37. The molecule has 0 N–H and O–H groups in total. The van der Waals surface area contributed by atoms with E-state index in [-0.39, 0.29) is 12.0 Å². The van der Waals surface area contributed by atoms with Crippen molar-refractivity contribution in [1.82, 2.24) is 10.1 Å². The quantitative estimate of drug-likeness (QED) is 0.871. The van der Waals surface area contributed by atoms with Gasteiger partial charge in [0.05, 0.1) is 18.6 Å². The van der Waals surface area contributed by atoms with E-state index < -0.39 is 0 Å². The highest BCUT2D eigenvalue weighted by Gasteiger charge is 2.36. The Hall–Kier alpha value is -1.88. The molecule has 5 nitrogen and oxygen atoms in total. The molecular weight excluding hydrogens is 280 g/mol. The van der Waals surface area contributed by atoms with Crippen LogP contribution in [0, 0.1) is 5.92 Å². The van der Waals surface area contributed by atoms with Gasteiger partial charge in [-0.3, -0.25) is 0 Å². The molecule has 1 aromatic heterocycles. The van der Waals surface area contributed by atoms with Gasteiger partial charge in [-0.1, -0.05) is 19.0 Å². The van der Waals surface area contributed by atoms with Gasteiger partial charge < -0.3 is 14.0 Å². The largest absolute Gasteiger partial charge is 0.493 e. The maximum Gasteiger partial charge on any atom is 0.232 e. The van der Waals surface area contributed by atoms with Crippen molar-refractivity contribution in [3.63, 3.8) is 0 Å². The first-order valence-electron chi connectivity index (χ1n) is 7.93. The van der Waals surface area contributed by atoms with E-state index in [2.05, 4.69) is 30.1 Å². The number of fused-ring (bicyclic) bond motifs is 1. The highest BCUT2D eigenvalue weighted by Crippen LogP contribution is 2.36. The fourth-order valence-corrected chi connectivity index (χ4v) is 3.36. The Balaban J connectivity index is 1.61. The molecule has 0 unspecified atom stereocenters. The highest BCUT2D eigenvalue weighted by atomic mass is 16.5. The van der Waals surface area contributed by atoms with Crippen molar-refractivity contribution in [1.29, 1.82) is 0 Å². The molecular formula is C17H20N2O3. The maximum absolute atomic E-state index is 5.81. The number of benzene rings is 1. The lowest BCUT2D eigenvalue weighted by atomic mass is 9.93. The predicted octanol–water partition coefficient (Wildman–Crippen LogP) is 3.20. The number of ether oxygens (including phenoxy) is 2. The number of rotatable bonds is 3. The summed E-state index contributed by atoms with van der Waals surface area (Å²) < 4.78 is 16.9. The molecule has 1 aromatic carbocycles. The summed E-state index contributed by atoms with van der Waals surface area (Å²) in [5.41, 5.74) is 2.20. The van der Waals surface area contributed by atoms with Gasteiger partial charge in [0.2, 0.25) is 11.7 Å². The first kappa shape index (κ1) is 13.8. The van der Waals surface area contributed by atoms with E-state index in [1.165, 1.54) is 5.56 Å². The van der Waals surface area contributed by atoms with Crippen LogP contribution in [0.5, 0.6) is 5.75 Å². The van der Waals surface area contributed by atoms with Gasteiger partial charge >= 0.3 is 0 Å². The number of hydrogen-bond donors (Lipinski definition) is 0. The lowest BCUT2D eigenvalue weighted by molar-refractivity contribution is 0.0627. The SMILES string of the molecule is CC(C)[C@H]1OCC[C@H]1c1nc(-c2ccc3c(c2)CCO3)no1. The maximum atomic E-state index is 5.81. The molecule has 22 heavy (non-hydrogen) atoms. The molecule has 2 aliphatic rings. The Morgan fingerprint density at radius 1 is 1.23 bits per heavy atom. The Morgan fingerprint density at radius 2 is 2.14 bits per heavy atom. The summed E-state index contributed by atoms with van der Waals surface area (Å²) in [5, 5.41) is 4.17. The zero-order valence-electron chi connectivity index (χ0n) is 12.9. The molecule has 5 heteroatoms. The molecule has 116 valence electrons. The van der Waals surface area contributed by atoms with E-state index in [4.69, 9.17) is 14.0 Å². The van der Waals surface area contributed by atoms with Crippen molar-refractivity contribution in [3.8, 4) is 17.1 Å². The normalized spacial score (nSPS) is 23.8. The molecule has 0 amide bonds. The summed E-state index contributed by atoms with van der Waals surface area (Å²) in [6, 6.07) is 6.08. The van der Waals surface area contributed by atoms with E-state index in [1.54, 1.807) is 0 Å². The molecule has 4 rings (SSSR count). The topological polar surface area (TPSA) is 57.4 Å². The summed E-state index contributed by atoms with van der Waals surface area (Å²) in [6.07, 6.45) is 2.06. The van der Waals surface area contributed by atoms with Crippen molar-refractivity contribution < 1.29 is 14.0 Å². The van der Waals surface area contributed by atoms with Crippen LogP contribution in [0.3, 0.4) is 0 Å². The van der Waals surface area contributed by atoms with Gasteiger partial charge in [-0.15, -0.1) is 0 Å². The van der Waals surface area contributed by atoms with Crippen molar-refractivity contribution in [2.75, 3.05) is 13.2 Å². The molecule has 2 aromatic rings. The second-order valence-corrected chi connectivity index (χ2v) is 6.35.